The van der Waals surface area contributed by atoms with E-state index in [0.29, 0.717) is 13.0 Å². The first kappa shape index (κ1) is 15.3. The van der Waals surface area contributed by atoms with E-state index in [1.54, 1.807) is 11.3 Å². The third-order valence-electron chi connectivity index (χ3n) is 4.50. The first-order valence-corrected chi connectivity index (χ1v) is 8.79. The highest BCUT2D eigenvalue weighted by Crippen LogP contribution is 2.28. The van der Waals surface area contributed by atoms with Gasteiger partial charge >= 0.3 is 5.97 Å². The molecule has 1 aliphatic rings. The molecule has 0 unspecified atom stereocenters. The minimum Gasteiger partial charge on any atom is -0.468 e. The molecule has 0 N–H and O–H groups in total. The lowest BCUT2D eigenvalue weighted by Gasteiger charge is -2.34. The summed E-state index contributed by atoms with van der Waals surface area (Å²) in [7, 11) is 1.46. The second-order valence-electron chi connectivity index (χ2n) is 5.99. The summed E-state index contributed by atoms with van der Waals surface area (Å²) >= 11 is 1.69. The predicted octanol–water partition coefficient (Wildman–Crippen LogP) is 3.40. The maximum atomic E-state index is 12.3. The van der Waals surface area contributed by atoms with E-state index in [2.05, 4.69) is 23.1 Å². The number of fused-ring (bicyclic) bond motifs is 2. The summed E-state index contributed by atoms with van der Waals surface area (Å²) in [4.78, 5) is 19.1. The molecule has 0 bridgehead atoms. The van der Waals surface area contributed by atoms with Gasteiger partial charge in [-0.3, -0.25) is 9.69 Å². The van der Waals surface area contributed by atoms with Crippen LogP contribution in [0.5, 0.6) is 0 Å². The lowest BCUT2D eigenvalue weighted by atomic mass is 9.94. The van der Waals surface area contributed by atoms with E-state index in [9.17, 15) is 4.79 Å². The molecule has 2 heterocycles. The highest BCUT2D eigenvalue weighted by atomic mass is 32.1. The molecule has 0 saturated carbocycles. The number of aromatic nitrogens is 1. The molecule has 0 aliphatic carbocycles. The van der Waals surface area contributed by atoms with Crippen molar-refractivity contribution in [3.05, 3.63) is 64.7 Å². The molecule has 122 valence electrons. The summed E-state index contributed by atoms with van der Waals surface area (Å²) in [5.41, 5.74) is 3.52. The second-order valence-corrected chi connectivity index (χ2v) is 7.11. The number of carbonyl (C=O) groups is 1. The summed E-state index contributed by atoms with van der Waals surface area (Å²) in [6.45, 7) is 1.40. The van der Waals surface area contributed by atoms with Crippen LogP contribution >= 0.6 is 11.3 Å². The van der Waals surface area contributed by atoms with E-state index in [1.807, 2.05) is 30.3 Å². The van der Waals surface area contributed by atoms with Crippen LogP contribution in [0.3, 0.4) is 0 Å². The number of rotatable bonds is 3. The molecule has 1 atom stereocenters. The zero-order valence-electron chi connectivity index (χ0n) is 13.4. The van der Waals surface area contributed by atoms with E-state index in [1.165, 1.54) is 22.9 Å². The molecule has 0 fully saturated rings. The first-order valence-electron chi connectivity index (χ1n) is 7.97. The van der Waals surface area contributed by atoms with E-state index in [-0.39, 0.29) is 12.0 Å². The van der Waals surface area contributed by atoms with Gasteiger partial charge in [-0.2, -0.15) is 0 Å². The van der Waals surface area contributed by atoms with Gasteiger partial charge in [-0.1, -0.05) is 36.4 Å². The van der Waals surface area contributed by atoms with Gasteiger partial charge < -0.3 is 4.74 Å². The van der Waals surface area contributed by atoms with Crippen LogP contribution in [0.2, 0.25) is 0 Å². The molecule has 0 radical (unpaired) electrons. The van der Waals surface area contributed by atoms with Crippen LogP contribution in [0.1, 0.15) is 16.1 Å². The van der Waals surface area contributed by atoms with Gasteiger partial charge in [0.1, 0.15) is 11.0 Å². The minimum absolute atomic E-state index is 0.175. The van der Waals surface area contributed by atoms with Gasteiger partial charge in [0.25, 0.3) is 0 Å². The number of benzene rings is 2. The number of ether oxygens (including phenoxy) is 1. The van der Waals surface area contributed by atoms with Gasteiger partial charge in [-0.05, 0) is 29.7 Å². The summed E-state index contributed by atoms with van der Waals surface area (Å²) in [6, 6.07) is 16.2. The number of hydrogen-bond acceptors (Lipinski definition) is 5. The Kier molecular flexibility index (Phi) is 4.04. The molecule has 24 heavy (non-hydrogen) atoms. The van der Waals surface area contributed by atoms with Crippen LogP contribution in [0, 0.1) is 0 Å². The fourth-order valence-corrected chi connectivity index (χ4v) is 4.27. The highest BCUT2D eigenvalue weighted by Gasteiger charge is 2.32. The van der Waals surface area contributed by atoms with Crippen LogP contribution in [-0.2, 0) is 29.0 Å². The van der Waals surface area contributed by atoms with Gasteiger partial charge in [0.05, 0.1) is 23.9 Å². The van der Waals surface area contributed by atoms with Gasteiger partial charge in [0.15, 0.2) is 0 Å². The quantitative estimate of drug-likeness (QED) is 0.687. The zero-order valence-corrected chi connectivity index (χ0v) is 14.3. The molecule has 0 spiro atoms. The Labute approximate surface area is 144 Å². The smallest absolute Gasteiger partial charge is 0.323 e. The van der Waals surface area contributed by atoms with E-state index in [0.717, 1.165) is 17.1 Å². The van der Waals surface area contributed by atoms with E-state index < -0.39 is 0 Å². The molecule has 3 aromatic rings. The maximum Gasteiger partial charge on any atom is 0.323 e. The van der Waals surface area contributed by atoms with E-state index in [4.69, 9.17) is 9.72 Å². The van der Waals surface area contributed by atoms with Crippen molar-refractivity contribution in [3.63, 3.8) is 0 Å². The summed E-state index contributed by atoms with van der Waals surface area (Å²) < 4.78 is 6.21. The Balaban J connectivity index is 1.64. The van der Waals surface area contributed by atoms with Gasteiger partial charge in [0.2, 0.25) is 0 Å². The van der Waals surface area contributed by atoms with Crippen LogP contribution in [0.4, 0.5) is 0 Å². The standard InChI is InChI=1S/C19H18N2O2S/c1-23-19(22)16-10-13-6-2-3-7-14(13)11-21(16)12-18-20-15-8-4-5-9-17(15)24-18/h2-9,16H,10-12H2,1H3/t16-/m1/s1. The molecule has 5 heteroatoms. The first-order chi connectivity index (χ1) is 11.7. The zero-order chi connectivity index (χ0) is 16.5. The number of hydrogen-bond donors (Lipinski definition) is 0. The summed E-state index contributed by atoms with van der Waals surface area (Å²) in [5, 5.41) is 1.03. The average molecular weight is 338 g/mol. The third-order valence-corrected chi connectivity index (χ3v) is 5.52. The lowest BCUT2D eigenvalue weighted by molar-refractivity contribution is -0.147. The SMILES string of the molecule is COC(=O)[C@H]1Cc2ccccc2CN1Cc1nc2ccccc2s1. The Bertz CT molecular complexity index is 857. The number of nitrogens with zero attached hydrogens (tertiary/aromatic N) is 2. The van der Waals surface area contributed by atoms with Crippen molar-refractivity contribution < 1.29 is 9.53 Å². The fourth-order valence-electron chi connectivity index (χ4n) is 3.27. The van der Waals surface area contributed by atoms with Crippen LogP contribution in [-0.4, -0.2) is 29.0 Å². The topological polar surface area (TPSA) is 42.4 Å². The number of thiazole rings is 1. The maximum absolute atomic E-state index is 12.3. The Morgan fingerprint density at radius 1 is 1.21 bits per heavy atom. The van der Waals surface area contributed by atoms with Crippen molar-refractivity contribution in [3.8, 4) is 0 Å². The lowest BCUT2D eigenvalue weighted by Crippen LogP contribution is -2.45. The number of para-hydroxylation sites is 1. The molecular weight excluding hydrogens is 320 g/mol. The third kappa shape index (κ3) is 2.81. The molecule has 1 aromatic heterocycles. The molecule has 0 saturated heterocycles. The number of esters is 1. The summed E-state index contributed by atoms with van der Waals surface area (Å²) in [5.74, 6) is -0.175. The van der Waals surface area contributed by atoms with Crippen molar-refractivity contribution in [2.75, 3.05) is 7.11 Å². The monoisotopic (exact) mass is 338 g/mol. The minimum atomic E-state index is -0.253. The fraction of sp³-hybridized carbons (Fsp3) is 0.263. The molecule has 4 rings (SSSR count). The highest BCUT2D eigenvalue weighted by molar-refractivity contribution is 7.18. The summed E-state index contributed by atoms with van der Waals surface area (Å²) in [6.07, 6.45) is 0.688. The molecule has 0 amide bonds. The number of carbonyl (C=O) groups excluding carboxylic acids is 1. The van der Waals surface area contributed by atoms with Crippen molar-refractivity contribution >= 4 is 27.5 Å². The largest absolute Gasteiger partial charge is 0.468 e. The molecule has 4 nitrogen and oxygen atoms in total. The van der Waals surface area contributed by atoms with Crippen molar-refractivity contribution in [2.24, 2.45) is 0 Å². The Morgan fingerprint density at radius 2 is 1.96 bits per heavy atom. The van der Waals surface area contributed by atoms with Gasteiger partial charge in [-0.25, -0.2) is 4.98 Å². The Hall–Kier alpha value is -2.24. The van der Waals surface area contributed by atoms with E-state index >= 15 is 0 Å². The van der Waals surface area contributed by atoms with Crippen LogP contribution in [0.15, 0.2) is 48.5 Å². The Morgan fingerprint density at radius 3 is 2.75 bits per heavy atom. The molecule has 1 aliphatic heterocycles. The van der Waals surface area contributed by atoms with Crippen LogP contribution in [0.25, 0.3) is 10.2 Å². The predicted molar refractivity (Wildman–Crippen MR) is 94.8 cm³/mol. The van der Waals surface area contributed by atoms with Crippen molar-refractivity contribution in [1.29, 1.82) is 0 Å². The van der Waals surface area contributed by atoms with Crippen LogP contribution < -0.4 is 0 Å². The number of methoxy groups -OCH3 is 1. The average Bonchev–Trinajstić information content (AvgIpc) is 3.02. The molecule has 2 aromatic carbocycles. The van der Waals surface area contributed by atoms with Gasteiger partial charge in [-0.15, -0.1) is 11.3 Å². The van der Waals surface area contributed by atoms with Gasteiger partial charge in [0, 0.05) is 6.54 Å². The van der Waals surface area contributed by atoms with Crippen molar-refractivity contribution in [2.45, 2.75) is 25.6 Å². The normalized spacial score (nSPS) is 17.6. The van der Waals surface area contributed by atoms with Crippen molar-refractivity contribution in [1.82, 2.24) is 9.88 Å². The molecular formula is C19H18N2O2S. The second kappa shape index (κ2) is 6.34.